The van der Waals surface area contributed by atoms with Gasteiger partial charge in [-0.25, -0.2) is 13.4 Å². The van der Waals surface area contributed by atoms with Crippen LogP contribution in [0.1, 0.15) is 14.5 Å². The number of benzene rings is 2. The average molecular weight is 497 g/mol. The largest absolute Gasteiger partial charge is 0.378 e. The molecule has 32 heavy (non-hydrogen) atoms. The van der Waals surface area contributed by atoms with E-state index < -0.39 is 16.1 Å². The quantitative estimate of drug-likeness (QED) is 0.541. The fourth-order valence-electron chi connectivity index (χ4n) is 3.46. The number of hydrogen-bond acceptors (Lipinski definition) is 7. The number of hydrogen-bond donors (Lipinski definition) is 2. The van der Waals surface area contributed by atoms with Gasteiger partial charge in [-0.15, -0.1) is 11.3 Å². The number of carbonyl (C=O) groups is 1. The lowest BCUT2D eigenvalue weighted by molar-refractivity contribution is -0.140. The number of rotatable bonds is 6. The van der Waals surface area contributed by atoms with Gasteiger partial charge < -0.3 is 14.9 Å². The van der Waals surface area contributed by atoms with Crippen molar-refractivity contribution < 1.29 is 21.2 Å². The predicted octanol–water partition coefficient (Wildman–Crippen LogP) is 3.47. The zero-order chi connectivity index (χ0) is 22.7. The van der Waals surface area contributed by atoms with Crippen molar-refractivity contribution in [2.24, 2.45) is 0 Å². The van der Waals surface area contributed by atoms with Crippen LogP contribution in [0.3, 0.4) is 0 Å². The number of aromatic nitrogens is 1. The number of nitrogens with zero attached hydrogens (tertiary/aromatic N) is 3. The molecule has 0 radical (unpaired) electrons. The standard InChI is InChI=1S/C21H21ClN4O4S2.2H2/c22-16-3-1-2-15(14-16)19(27)20(28)26-11-9-25(10-12-26)17-4-6-18(7-5-17)32(29,30)24-21-23-8-13-31-21;;/h1-8,13-14,19,27H,9-12H2,(H,23,24);2*1H/t19-;;/m1../s1. The first-order valence-electron chi connectivity index (χ1n) is 9.83. The summed E-state index contributed by atoms with van der Waals surface area (Å²) in [5.41, 5.74) is 1.33. The first-order chi connectivity index (χ1) is 15.3. The molecule has 2 N–H and O–H groups in total. The molecule has 8 nitrogen and oxygen atoms in total. The summed E-state index contributed by atoms with van der Waals surface area (Å²) >= 11 is 7.16. The molecule has 11 heteroatoms. The van der Waals surface area contributed by atoms with Crippen molar-refractivity contribution in [1.82, 2.24) is 9.88 Å². The minimum atomic E-state index is -3.70. The van der Waals surface area contributed by atoms with Crippen LogP contribution >= 0.6 is 22.9 Å². The van der Waals surface area contributed by atoms with E-state index in [-0.39, 0.29) is 13.7 Å². The summed E-state index contributed by atoms with van der Waals surface area (Å²) in [5.74, 6) is -0.360. The summed E-state index contributed by atoms with van der Waals surface area (Å²) in [6.07, 6.45) is 0.277. The van der Waals surface area contributed by atoms with E-state index >= 15 is 0 Å². The molecule has 0 bridgehead atoms. The van der Waals surface area contributed by atoms with Gasteiger partial charge in [0.2, 0.25) is 0 Å². The maximum absolute atomic E-state index is 12.7. The zero-order valence-electron chi connectivity index (χ0n) is 16.9. The van der Waals surface area contributed by atoms with Gasteiger partial charge in [0, 0.05) is 51.3 Å². The molecule has 4 rings (SSSR count). The summed E-state index contributed by atoms with van der Waals surface area (Å²) in [7, 11) is -3.70. The highest BCUT2D eigenvalue weighted by atomic mass is 35.5. The third-order valence-corrected chi connectivity index (χ3v) is 7.56. The zero-order valence-corrected chi connectivity index (χ0v) is 19.3. The van der Waals surface area contributed by atoms with Crippen LogP contribution in [0.15, 0.2) is 65.0 Å². The van der Waals surface area contributed by atoms with E-state index in [0.717, 1.165) is 5.69 Å². The van der Waals surface area contributed by atoms with Gasteiger partial charge in [0.05, 0.1) is 4.90 Å². The van der Waals surface area contributed by atoms with Gasteiger partial charge in [-0.1, -0.05) is 23.7 Å². The third-order valence-electron chi connectivity index (χ3n) is 5.16. The number of nitrogens with one attached hydrogen (secondary N) is 1. The van der Waals surface area contributed by atoms with Crippen molar-refractivity contribution in [3.05, 3.63) is 70.7 Å². The summed E-state index contributed by atoms with van der Waals surface area (Å²) in [6.45, 7) is 2.03. The fourth-order valence-corrected chi connectivity index (χ4v) is 5.45. The van der Waals surface area contributed by atoms with E-state index in [9.17, 15) is 18.3 Å². The SMILES string of the molecule is O=C([C@H](O)c1cccc(Cl)c1)N1CCN(c2ccc(S(=O)(=O)Nc3nccs3)cc2)CC1.[HH].[HH]. The van der Waals surface area contributed by atoms with Crippen LogP contribution in [-0.4, -0.2) is 55.5 Å². The Labute approximate surface area is 198 Å². The summed E-state index contributed by atoms with van der Waals surface area (Å²) in [6, 6.07) is 13.2. The number of aliphatic hydroxyl groups is 1. The molecule has 0 saturated carbocycles. The highest BCUT2D eigenvalue weighted by Crippen LogP contribution is 2.24. The Bertz CT molecular complexity index is 1190. The number of thiazole rings is 1. The predicted molar refractivity (Wildman–Crippen MR) is 129 cm³/mol. The molecule has 3 aromatic rings. The minimum absolute atomic E-state index is 0. The van der Waals surface area contributed by atoms with Crippen LogP contribution in [-0.2, 0) is 14.8 Å². The van der Waals surface area contributed by atoms with Crippen molar-refractivity contribution in [1.29, 1.82) is 0 Å². The van der Waals surface area contributed by atoms with Crippen LogP contribution in [0.2, 0.25) is 5.02 Å². The van der Waals surface area contributed by atoms with Gasteiger partial charge in [0.1, 0.15) is 0 Å². The Morgan fingerprint density at radius 1 is 1.16 bits per heavy atom. The molecule has 172 valence electrons. The molecule has 1 aliphatic heterocycles. The lowest BCUT2D eigenvalue weighted by atomic mass is 10.1. The van der Waals surface area contributed by atoms with Crippen molar-refractivity contribution >= 4 is 49.7 Å². The van der Waals surface area contributed by atoms with Crippen LogP contribution in [0.25, 0.3) is 0 Å². The number of halogens is 1. The Hall–Kier alpha value is -2.66. The second-order valence-electron chi connectivity index (χ2n) is 7.21. The van der Waals surface area contributed by atoms with Crippen molar-refractivity contribution in [2.45, 2.75) is 11.0 Å². The average Bonchev–Trinajstić information content (AvgIpc) is 3.30. The number of aliphatic hydroxyl groups excluding tert-OH is 1. The van der Waals surface area contributed by atoms with E-state index in [1.54, 1.807) is 58.8 Å². The second-order valence-corrected chi connectivity index (χ2v) is 10.2. The van der Waals surface area contributed by atoms with Gasteiger partial charge in [-0.2, -0.15) is 0 Å². The van der Waals surface area contributed by atoms with Gasteiger partial charge in [-0.05, 0) is 42.0 Å². The summed E-state index contributed by atoms with van der Waals surface area (Å²) in [4.78, 5) is 20.5. The molecule has 1 aromatic heterocycles. The van der Waals surface area contributed by atoms with E-state index in [1.807, 2.05) is 0 Å². The second kappa shape index (κ2) is 9.45. The van der Waals surface area contributed by atoms with E-state index in [2.05, 4.69) is 14.6 Å². The third kappa shape index (κ3) is 5.04. The van der Waals surface area contributed by atoms with Gasteiger partial charge in [0.25, 0.3) is 15.9 Å². The number of anilines is 2. The molecule has 1 aliphatic rings. The lowest BCUT2D eigenvalue weighted by Crippen LogP contribution is -2.50. The molecule has 0 spiro atoms. The Morgan fingerprint density at radius 2 is 1.88 bits per heavy atom. The van der Waals surface area contributed by atoms with E-state index in [0.29, 0.717) is 41.9 Å². The molecule has 2 aromatic carbocycles. The highest BCUT2D eigenvalue weighted by Gasteiger charge is 2.27. The molecule has 1 atom stereocenters. The number of sulfonamides is 1. The number of amides is 1. The monoisotopic (exact) mass is 496 g/mol. The molecular weight excluding hydrogens is 472 g/mol. The molecule has 2 heterocycles. The molecule has 1 fully saturated rings. The van der Waals surface area contributed by atoms with Crippen molar-refractivity contribution in [3.8, 4) is 0 Å². The normalized spacial score (nSPS) is 15.4. The van der Waals surface area contributed by atoms with Gasteiger partial charge in [-0.3, -0.25) is 9.52 Å². The van der Waals surface area contributed by atoms with E-state index in [1.165, 1.54) is 17.5 Å². The first-order valence-corrected chi connectivity index (χ1v) is 12.6. The Morgan fingerprint density at radius 3 is 2.50 bits per heavy atom. The number of carbonyl (C=O) groups excluding carboxylic acids is 1. The molecule has 0 unspecified atom stereocenters. The summed E-state index contributed by atoms with van der Waals surface area (Å²) < 4.78 is 27.4. The Kier molecular flexibility index (Phi) is 6.66. The number of piperazine rings is 1. The first kappa shape index (κ1) is 22.5. The summed E-state index contributed by atoms with van der Waals surface area (Å²) in [5, 5.41) is 12.9. The lowest BCUT2D eigenvalue weighted by Gasteiger charge is -2.37. The van der Waals surface area contributed by atoms with Crippen LogP contribution in [0.5, 0.6) is 0 Å². The maximum atomic E-state index is 12.7. The molecular formula is C21H25ClN4O4S2. The maximum Gasteiger partial charge on any atom is 0.263 e. The molecule has 1 saturated heterocycles. The van der Waals surface area contributed by atoms with Crippen LogP contribution in [0.4, 0.5) is 10.8 Å². The van der Waals surface area contributed by atoms with Crippen molar-refractivity contribution in [2.75, 3.05) is 35.8 Å². The molecule has 1 amide bonds. The fraction of sp³-hybridized carbons (Fsp3) is 0.238. The van der Waals surface area contributed by atoms with Crippen LogP contribution in [0, 0.1) is 0 Å². The van der Waals surface area contributed by atoms with Crippen LogP contribution < -0.4 is 9.62 Å². The Balaban J connectivity index is 0.00000204. The van der Waals surface area contributed by atoms with E-state index in [4.69, 9.17) is 11.6 Å². The molecule has 0 aliphatic carbocycles. The van der Waals surface area contributed by atoms with Crippen molar-refractivity contribution in [3.63, 3.8) is 0 Å². The van der Waals surface area contributed by atoms with Gasteiger partial charge in [0.15, 0.2) is 11.2 Å². The van der Waals surface area contributed by atoms with Gasteiger partial charge >= 0.3 is 0 Å². The minimum Gasteiger partial charge on any atom is -0.378 e. The topological polar surface area (TPSA) is 103 Å². The highest BCUT2D eigenvalue weighted by molar-refractivity contribution is 7.93. The smallest absolute Gasteiger partial charge is 0.263 e.